The first-order valence-corrected chi connectivity index (χ1v) is 7.43. The van der Waals surface area contributed by atoms with Crippen molar-refractivity contribution in [2.45, 2.75) is 19.8 Å². The van der Waals surface area contributed by atoms with Crippen molar-refractivity contribution in [3.63, 3.8) is 0 Å². The molecular weight excluding hydrogens is 286 g/mol. The molecule has 1 aromatic heterocycles. The Kier molecular flexibility index (Phi) is 5.78. The molecule has 0 saturated carbocycles. The Morgan fingerprint density at radius 3 is 2.67 bits per heavy atom. The van der Waals surface area contributed by atoms with Gasteiger partial charge in [-0.05, 0) is 37.1 Å². The molecule has 0 amide bonds. The lowest BCUT2D eigenvalue weighted by Crippen LogP contribution is -2.10. The molecule has 4 N–H and O–H groups in total. The van der Waals surface area contributed by atoms with Crippen LogP contribution < -0.4 is 16.4 Å². The van der Waals surface area contributed by atoms with Gasteiger partial charge in [-0.25, -0.2) is 4.98 Å². The second kappa shape index (κ2) is 7.81. The standard InChI is InChI=1S/C15H20ClN5/c1-2-11-4-6-12(7-5-11)20-15-19-10-13(16)14(21-15)18-9-3-8-17/h4-7,10H,2-3,8-9,17H2,1H3,(H2,18,19,20,21). The van der Waals surface area contributed by atoms with Gasteiger partial charge in [0.05, 0.1) is 6.20 Å². The van der Waals surface area contributed by atoms with Crippen LogP contribution >= 0.6 is 11.6 Å². The van der Waals surface area contributed by atoms with E-state index in [-0.39, 0.29) is 0 Å². The fourth-order valence-electron chi connectivity index (χ4n) is 1.81. The van der Waals surface area contributed by atoms with Gasteiger partial charge in [-0.3, -0.25) is 0 Å². The van der Waals surface area contributed by atoms with E-state index in [1.165, 1.54) is 5.56 Å². The first-order valence-electron chi connectivity index (χ1n) is 7.05. The zero-order chi connectivity index (χ0) is 15.1. The molecule has 1 aromatic carbocycles. The average Bonchev–Trinajstić information content (AvgIpc) is 2.51. The third-order valence-electron chi connectivity index (χ3n) is 3.04. The van der Waals surface area contributed by atoms with Gasteiger partial charge >= 0.3 is 0 Å². The molecule has 0 radical (unpaired) electrons. The highest BCUT2D eigenvalue weighted by Crippen LogP contribution is 2.21. The minimum atomic E-state index is 0.499. The van der Waals surface area contributed by atoms with Crippen LogP contribution in [0.2, 0.25) is 5.02 Å². The number of nitrogens with two attached hydrogens (primary N) is 1. The van der Waals surface area contributed by atoms with Crippen molar-refractivity contribution in [1.29, 1.82) is 0 Å². The molecule has 2 rings (SSSR count). The second-order valence-electron chi connectivity index (χ2n) is 4.63. The van der Waals surface area contributed by atoms with Crippen molar-refractivity contribution in [2.24, 2.45) is 5.73 Å². The fourth-order valence-corrected chi connectivity index (χ4v) is 1.97. The Hall–Kier alpha value is -1.85. The first-order chi connectivity index (χ1) is 10.2. The van der Waals surface area contributed by atoms with Gasteiger partial charge in [0.25, 0.3) is 0 Å². The molecule has 2 aromatic rings. The number of aryl methyl sites for hydroxylation is 1. The number of aromatic nitrogens is 2. The van der Waals surface area contributed by atoms with E-state index in [1.807, 2.05) is 12.1 Å². The lowest BCUT2D eigenvalue weighted by Gasteiger charge is -2.10. The lowest BCUT2D eigenvalue weighted by molar-refractivity contribution is 0.869. The van der Waals surface area contributed by atoms with Crippen molar-refractivity contribution >= 4 is 29.1 Å². The van der Waals surface area contributed by atoms with Gasteiger partial charge in [0.15, 0.2) is 0 Å². The van der Waals surface area contributed by atoms with Gasteiger partial charge < -0.3 is 16.4 Å². The van der Waals surface area contributed by atoms with E-state index in [1.54, 1.807) is 6.20 Å². The third-order valence-corrected chi connectivity index (χ3v) is 3.31. The van der Waals surface area contributed by atoms with Crippen molar-refractivity contribution in [2.75, 3.05) is 23.7 Å². The summed E-state index contributed by atoms with van der Waals surface area (Å²) in [5.41, 5.74) is 7.71. The van der Waals surface area contributed by atoms with E-state index >= 15 is 0 Å². The molecule has 0 aliphatic heterocycles. The van der Waals surface area contributed by atoms with E-state index in [0.29, 0.717) is 23.3 Å². The molecule has 112 valence electrons. The van der Waals surface area contributed by atoms with Crippen molar-refractivity contribution < 1.29 is 0 Å². The summed E-state index contributed by atoms with van der Waals surface area (Å²) in [5.74, 6) is 1.13. The quantitative estimate of drug-likeness (QED) is 0.685. The summed E-state index contributed by atoms with van der Waals surface area (Å²) in [6, 6.07) is 8.19. The van der Waals surface area contributed by atoms with Gasteiger partial charge in [0, 0.05) is 12.2 Å². The Morgan fingerprint density at radius 1 is 1.24 bits per heavy atom. The van der Waals surface area contributed by atoms with Gasteiger partial charge in [0.2, 0.25) is 5.95 Å². The fraction of sp³-hybridized carbons (Fsp3) is 0.333. The van der Waals surface area contributed by atoms with Crippen molar-refractivity contribution in [3.05, 3.63) is 41.0 Å². The van der Waals surface area contributed by atoms with Gasteiger partial charge in [-0.1, -0.05) is 30.7 Å². The highest BCUT2D eigenvalue weighted by Gasteiger charge is 2.05. The molecule has 0 unspecified atom stereocenters. The number of hydrogen-bond donors (Lipinski definition) is 3. The van der Waals surface area contributed by atoms with Crippen LogP contribution in [0.1, 0.15) is 18.9 Å². The monoisotopic (exact) mass is 305 g/mol. The molecule has 21 heavy (non-hydrogen) atoms. The second-order valence-corrected chi connectivity index (χ2v) is 5.04. The Labute approximate surface area is 129 Å². The molecule has 1 heterocycles. The maximum Gasteiger partial charge on any atom is 0.229 e. The van der Waals surface area contributed by atoms with E-state index in [0.717, 1.165) is 25.1 Å². The average molecular weight is 306 g/mol. The zero-order valence-corrected chi connectivity index (χ0v) is 12.8. The summed E-state index contributed by atoms with van der Waals surface area (Å²) in [4.78, 5) is 8.56. The Morgan fingerprint density at radius 2 is 2.00 bits per heavy atom. The third kappa shape index (κ3) is 4.58. The van der Waals surface area contributed by atoms with Crippen LogP contribution in [-0.4, -0.2) is 23.1 Å². The number of benzene rings is 1. The molecule has 6 heteroatoms. The molecule has 0 fully saturated rings. The summed E-state index contributed by atoms with van der Waals surface area (Å²) >= 11 is 6.07. The van der Waals surface area contributed by atoms with Crippen LogP contribution in [0.5, 0.6) is 0 Å². The predicted molar refractivity (Wildman–Crippen MR) is 88.3 cm³/mol. The molecule has 5 nitrogen and oxygen atoms in total. The van der Waals surface area contributed by atoms with Crippen molar-refractivity contribution in [1.82, 2.24) is 9.97 Å². The summed E-state index contributed by atoms with van der Waals surface area (Å²) in [6.07, 6.45) is 3.47. The minimum absolute atomic E-state index is 0.499. The van der Waals surface area contributed by atoms with Gasteiger partial charge in [-0.15, -0.1) is 0 Å². The number of anilines is 3. The molecule has 0 atom stereocenters. The van der Waals surface area contributed by atoms with Crippen LogP contribution in [0, 0.1) is 0 Å². The van der Waals surface area contributed by atoms with Gasteiger partial charge in [-0.2, -0.15) is 4.98 Å². The number of nitrogens with zero attached hydrogens (tertiary/aromatic N) is 2. The van der Waals surface area contributed by atoms with E-state index in [4.69, 9.17) is 17.3 Å². The van der Waals surface area contributed by atoms with Crippen LogP contribution in [0.3, 0.4) is 0 Å². The highest BCUT2D eigenvalue weighted by atomic mass is 35.5. The summed E-state index contributed by atoms with van der Waals surface area (Å²) in [7, 11) is 0. The van der Waals surface area contributed by atoms with E-state index < -0.39 is 0 Å². The van der Waals surface area contributed by atoms with Crippen LogP contribution in [0.25, 0.3) is 0 Å². The molecular formula is C15H20ClN5. The number of rotatable bonds is 7. The molecule has 0 spiro atoms. The predicted octanol–water partition coefficient (Wildman–Crippen LogP) is 3.20. The largest absolute Gasteiger partial charge is 0.369 e. The Balaban J connectivity index is 2.06. The van der Waals surface area contributed by atoms with Crippen LogP contribution in [0.15, 0.2) is 30.5 Å². The number of nitrogens with one attached hydrogen (secondary N) is 2. The molecule has 0 saturated heterocycles. The van der Waals surface area contributed by atoms with E-state index in [9.17, 15) is 0 Å². The maximum absolute atomic E-state index is 6.07. The zero-order valence-electron chi connectivity index (χ0n) is 12.1. The van der Waals surface area contributed by atoms with Crippen molar-refractivity contribution in [3.8, 4) is 0 Å². The SMILES string of the molecule is CCc1ccc(Nc2ncc(Cl)c(NCCCN)n2)cc1. The normalized spacial score (nSPS) is 10.4. The highest BCUT2D eigenvalue weighted by molar-refractivity contribution is 6.32. The van der Waals surface area contributed by atoms with E-state index in [2.05, 4.69) is 39.7 Å². The smallest absolute Gasteiger partial charge is 0.229 e. The number of hydrogen-bond acceptors (Lipinski definition) is 5. The Bertz CT molecular complexity index is 571. The maximum atomic E-state index is 6.07. The molecule has 0 aliphatic carbocycles. The van der Waals surface area contributed by atoms with Gasteiger partial charge in [0.1, 0.15) is 10.8 Å². The van der Waals surface area contributed by atoms with Crippen LogP contribution in [-0.2, 0) is 6.42 Å². The first kappa shape index (κ1) is 15.5. The number of halogens is 1. The summed E-state index contributed by atoms with van der Waals surface area (Å²) < 4.78 is 0. The summed E-state index contributed by atoms with van der Waals surface area (Å²) in [6.45, 7) is 3.49. The minimum Gasteiger partial charge on any atom is -0.369 e. The molecule has 0 aliphatic rings. The summed E-state index contributed by atoms with van der Waals surface area (Å²) in [5, 5.41) is 6.82. The lowest BCUT2D eigenvalue weighted by atomic mass is 10.1. The van der Waals surface area contributed by atoms with Crippen LogP contribution in [0.4, 0.5) is 17.5 Å². The molecule has 0 bridgehead atoms. The topological polar surface area (TPSA) is 75.9 Å².